The lowest BCUT2D eigenvalue weighted by molar-refractivity contribution is -0.129. The van der Waals surface area contributed by atoms with Crippen LogP contribution in [0.1, 0.15) is 30.6 Å². The third kappa shape index (κ3) is 4.01. The average Bonchev–Trinajstić information content (AvgIpc) is 2.95. The molecule has 1 heterocycles. The number of para-hydroxylation sites is 1. The third-order valence-electron chi connectivity index (χ3n) is 3.99. The summed E-state index contributed by atoms with van der Waals surface area (Å²) in [6, 6.07) is 6.89. The summed E-state index contributed by atoms with van der Waals surface area (Å²) < 4.78 is 0. The number of nitrogens with zero attached hydrogens (tertiary/aromatic N) is 1. The highest BCUT2D eigenvalue weighted by Crippen LogP contribution is 2.23. The topological polar surface area (TPSA) is 78.5 Å². The molecule has 2 N–H and O–H groups in total. The molecular weight excluding hydrogens is 306 g/mol. The lowest BCUT2D eigenvalue weighted by Gasteiger charge is -2.20. The van der Waals surface area contributed by atoms with Crippen molar-refractivity contribution < 1.29 is 14.4 Å². The Morgan fingerprint density at radius 1 is 1.38 bits per heavy atom. The summed E-state index contributed by atoms with van der Waals surface area (Å²) in [5.74, 6) is -0.932. The predicted octanol–water partition coefficient (Wildman–Crippen LogP) is 1.80. The Kier molecular flexibility index (Phi) is 5.73. The first-order valence-electron chi connectivity index (χ1n) is 8.02. The summed E-state index contributed by atoms with van der Waals surface area (Å²) in [6.07, 6.45) is 1.79. The minimum Gasteiger partial charge on any atom is -0.349 e. The molecule has 128 valence electrons. The molecule has 3 amide bonds. The van der Waals surface area contributed by atoms with Crippen LogP contribution in [-0.2, 0) is 9.59 Å². The number of rotatable bonds is 6. The lowest BCUT2D eigenvalue weighted by atomic mass is 10.1. The highest BCUT2D eigenvalue weighted by molar-refractivity contribution is 6.05. The number of amides is 3. The summed E-state index contributed by atoms with van der Waals surface area (Å²) in [5.41, 5.74) is 0.831. The zero-order chi connectivity index (χ0) is 17.7. The molecule has 0 spiro atoms. The van der Waals surface area contributed by atoms with Gasteiger partial charge in [-0.15, -0.1) is 6.58 Å². The van der Waals surface area contributed by atoms with Crippen molar-refractivity contribution in [3.05, 3.63) is 42.5 Å². The van der Waals surface area contributed by atoms with Crippen LogP contribution in [0.3, 0.4) is 0 Å². The Balaban J connectivity index is 2.09. The van der Waals surface area contributed by atoms with Gasteiger partial charge >= 0.3 is 0 Å². The maximum absolute atomic E-state index is 12.5. The maximum atomic E-state index is 12.5. The van der Waals surface area contributed by atoms with E-state index in [1.807, 2.05) is 13.8 Å². The Morgan fingerprint density at radius 2 is 2.08 bits per heavy atom. The van der Waals surface area contributed by atoms with Crippen LogP contribution in [0, 0.1) is 5.92 Å². The van der Waals surface area contributed by atoms with Crippen LogP contribution in [0.4, 0.5) is 5.69 Å². The summed E-state index contributed by atoms with van der Waals surface area (Å²) in [6.45, 7) is 8.17. The SMILES string of the molecule is C=CCNC(=O)c1ccccc1NC(=O)[C@H]1CC(=O)N(C(C)C)C1. The predicted molar refractivity (Wildman–Crippen MR) is 92.6 cm³/mol. The van der Waals surface area contributed by atoms with Gasteiger partial charge in [0.25, 0.3) is 5.91 Å². The van der Waals surface area contributed by atoms with Gasteiger partial charge in [-0.3, -0.25) is 14.4 Å². The van der Waals surface area contributed by atoms with E-state index in [0.29, 0.717) is 24.3 Å². The standard InChI is InChI=1S/C18H23N3O3/c1-4-9-19-18(24)14-7-5-6-8-15(14)20-17(23)13-10-16(22)21(11-13)12(2)3/h4-8,12-13H,1,9-11H2,2-3H3,(H,19,24)(H,20,23)/t13-/m0/s1. The summed E-state index contributed by atoms with van der Waals surface area (Å²) in [5, 5.41) is 5.48. The maximum Gasteiger partial charge on any atom is 0.253 e. The van der Waals surface area contributed by atoms with E-state index in [1.54, 1.807) is 35.2 Å². The van der Waals surface area contributed by atoms with Crippen LogP contribution in [-0.4, -0.2) is 41.8 Å². The average molecular weight is 329 g/mol. The fourth-order valence-electron chi connectivity index (χ4n) is 2.69. The van der Waals surface area contributed by atoms with Crippen molar-refractivity contribution >= 4 is 23.4 Å². The smallest absolute Gasteiger partial charge is 0.253 e. The molecule has 6 nitrogen and oxygen atoms in total. The first-order valence-corrected chi connectivity index (χ1v) is 8.02. The fraction of sp³-hybridized carbons (Fsp3) is 0.389. The minimum absolute atomic E-state index is 0.0119. The first-order chi connectivity index (χ1) is 11.4. The molecular formula is C18H23N3O3. The molecule has 1 aromatic carbocycles. The Hall–Kier alpha value is -2.63. The van der Waals surface area contributed by atoms with E-state index < -0.39 is 5.92 Å². The van der Waals surface area contributed by atoms with E-state index in [0.717, 1.165) is 0 Å². The number of nitrogens with one attached hydrogen (secondary N) is 2. The van der Waals surface area contributed by atoms with Gasteiger partial charge in [-0.2, -0.15) is 0 Å². The van der Waals surface area contributed by atoms with E-state index in [1.165, 1.54) is 0 Å². The number of benzene rings is 1. The molecule has 1 fully saturated rings. The van der Waals surface area contributed by atoms with E-state index in [9.17, 15) is 14.4 Å². The van der Waals surface area contributed by atoms with Crippen molar-refractivity contribution in [2.45, 2.75) is 26.3 Å². The van der Waals surface area contributed by atoms with Gasteiger partial charge in [0.05, 0.1) is 17.2 Å². The molecule has 2 rings (SSSR count). The van der Waals surface area contributed by atoms with Crippen LogP contribution in [0.25, 0.3) is 0 Å². The molecule has 6 heteroatoms. The van der Waals surface area contributed by atoms with Gasteiger partial charge in [-0.05, 0) is 26.0 Å². The first kappa shape index (κ1) is 17.7. The van der Waals surface area contributed by atoms with E-state index in [-0.39, 0.29) is 30.2 Å². The minimum atomic E-state index is -0.399. The van der Waals surface area contributed by atoms with Crippen molar-refractivity contribution in [3.8, 4) is 0 Å². The van der Waals surface area contributed by atoms with Crippen LogP contribution < -0.4 is 10.6 Å². The second kappa shape index (κ2) is 7.77. The quantitative estimate of drug-likeness (QED) is 0.781. The number of likely N-dealkylation sites (tertiary alicyclic amines) is 1. The van der Waals surface area contributed by atoms with Crippen molar-refractivity contribution in [2.75, 3.05) is 18.4 Å². The number of hydrogen-bond donors (Lipinski definition) is 2. The van der Waals surface area contributed by atoms with Crippen LogP contribution in [0.5, 0.6) is 0 Å². The zero-order valence-electron chi connectivity index (χ0n) is 14.0. The van der Waals surface area contributed by atoms with Gasteiger partial charge in [0.15, 0.2) is 0 Å². The molecule has 1 aromatic rings. The van der Waals surface area contributed by atoms with Crippen molar-refractivity contribution in [1.29, 1.82) is 0 Å². The Morgan fingerprint density at radius 3 is 2.71 bits per heavy atom. The molecule has 0 aromatic heterocycles. The summed E-state index contributed by atoms with van der Waals surface area (Å²) >= 11 is 0. The molecule has 24 heavy (non-hydrogen) atoms. The van der Waals surface area contributed by atoms with E-state index in [2.05, 4.69) is 17.2 Å². The van der Waals surface area contributed by atoms with Crippen LogP contribution in [0.15, 0.2) is 36.9 Å². The number of hydrogen-bond acceptors (Lipinski definition) is 3. The number of carbonyl (C=O) groups is 3. The highest BCUT2D eigenvalue weighted by Gasteiger charge is 2.35. The second-order valence-corrected chi connectivity index (χ2v) is 6.07. The molecule has 1 aliphatic rings. The van der Waals surface area contributed by atoms with Crippen molar-refractivity contribution in [3.63, 3.8) is 0 Å². The van der Waals surface area contributed by atoms with Gasteiger partial charge in [0, 0.05) is 25.6 Å². The van der Waals surface area contributed by atoms with E-state index >= 15 is 0 Å². The number of anilines is 1. The molecule has 0 bridgehead atoms. The molecule has 0 saturated carbocycles. The third-order valence-corrected chi connectivity index (χ3v) is 3.99. The molecule has 1 aliphatic heterocycles. The van der Waals surface area contributed by atoms with E-state index in [4.69, 9.17) is 0 Å². The monoisotopic (exact) mass is 329 g/mol. The van der Waals surface area contributed by atoms with Crippen LogP contribution >= 0.6 is 0 Å². The lowest BCUT2D eigenvalue weighted by Crippen LogP contribution is -2.33. The summed E-state index contributed by atoms with van der Waals surface area (Å²) in [7, 11) is 0. The van der Waals surface area contributed by atoms with Gasteiger partial charge in [0.1, 0.15) is 0 Å². The molecule has 0 radical (unpaired) electrons. The van der Waals surface area contributed by atoms with Gasteiger partial charge in [-0.25, -0.2) is 0 Å². The highest BCUT2D eigenvalue weighted by atomic mass is 16.2. The molecule has 0 aliphatic carbocycles. The normalized spacial score (nSPS) is 17.0. The molecule has 1 atom stereocenters. The fourth-order valence-corrected chi connectivity index (χ4v) is 2.69. The van der Waals surface area contributed by atoms with Gasteiger partial charge in [0.2, 0.25) is 11.8 Å². The second-order valence-electron chi connectivity index (χ2n) is 6.07. The number of carbonyl (C=O) groups excluding carboxylic acids is 3. The largest absolute Gasteiger partial charge is 0.349 e. The summed E-state index contributed by atoms with van der Waals surface area (Å²) in [4.78, 5) is 38.3. The molecule has 0 unspecified atom stereocenters. The van der Waals surface area contributed by atoms with Crippen molar-refractivity contribution in [1.82, 2.24) is 10.2 Å². The Labute approximate surface area is 141 Å². The molecule has 1 saturated heterocycles. The zero-order valence-corrected chi connectivity index (χ0v) is 14.0. The Bertz CT molecular complexity index is 655. The van der Waals surface area contributed by atoms with Crippen molar-refractivity contribution in [2.24, 2.45) is 5.92 Å². The van der Waals surface area contributed by atoms with Gasteiger partial charge < -0.3 is 15.5 Å². The van der Waals surface area contributed by atoms with Gasteiger partial charge in [-0.1, -0.05) is 18.2 Å². The van der Waals surface area contributed by atoms with Crippen LogP contribution in [0.2, 0.25) is 0 Å².